The van der Waals surface area contributed by atoms with Crippen LogP contribution in [0.15, 0.2) is 30.7 Å². The minimum absolute atomic E-state index is 0.0181. The lowest BCUT2D eigenvalue weighted by Crippen LogP contribution is -2.47. The Morgan fingerprint density at radius 2 is 1.74 bits per heavy atom. The molecule has 11 heteroatoms. The summed E-state index contributed by atoms with van der Waals surface area (Å²) < 4.78 is 49.0. The molecule has 2 aromatic rings. The number of piperidine rings is 1. The van der Waals surface area contributed by atoms with Gasteiger partial charge in [0.2, 0.25) is 5.88 Å². The molecule has 0 radical (unpaired) electrons. The quantitative estimate of drug-likeness (QED) is 0.773. The molecule has 1 aliphatic heterocycles. The van der Waals surface area contributed by atoms with E-state index >= 15 is 0 Å². The van der Waals surface area contributed by atoms with Gasteiger partial charge in [-0.2, -0.15) is 13.2 Å². The Kier molecular flexibility index (Phi) is 6.08. The van der Waals surface area contributed by atoms with Gasteiger partial charge in [-0.15, -0.1) is 0 Å². The zero-order chi connectivity index (χ0) is 22.9. The van der Waals surface area contributed by atoms with E-state index < -0.39 is 29.2 Å². The number of pyridine rings is 1. The monoisotopic (exact) mass is 440 g/mol. The normalized spacial score (nSPS) is 16.7. The maximum absolute atomic E-state index is 12.7. The van der Waals surface area contributed by atoms with Crippen LogP contribution in [0, 0.1) is 0 Å². The van der Waals surface area contributed by atoms with Crippen molar-refractivity contribution in [1.29, 1.82) is 0 Å². The number of nitrogens with zero attached hydrogens (tertiary/aromatic N) is 4. The Morgan fingerprint density at radius 3 is 2.29 bits per heavy atom. The van der Waals surface area contributed by atoms with Crippen molar-refractivity contribution in [3.63, 3.8) is 0 Å². The molecule has 1 saturated heterocycles. The van der Waals surface area contributed by atoms with E-state index in [2.05, 4.69) is 15.0 Å². The maximum Gasteiger partial charge on any atom is 0.433 e. The lowest BCUT2D eigenvalue weighted by Gasteiger charge is -2.38. The average molecular weight is 440 g/mol. The number of halogens is 3. The first-order valence-electron chi connectivity index (χ1n) is 9.60. The topological polar surface area (TPSA) is 97.7 Å². The number of alkyl halides is 3. The molecule has 3 heterocycles. The number of amides is 1. The summed E-state index contributed by atoms with van der Waals surface area (Å²) in [5, 5.41) is 11.2. The number of carbonyl (C=O) groups is 1. The van der Waals surface area contributed by atoms with Crippen LogP contribution in [0.2, 0.25) is 0 Å². The van der Waals surface area contributed by atoms with Crippen LogP contribution in [0.5, 0.6) is 11.6 Å². The fraction of sp³-hybridized carbons (Fsp3) is 0.500. The van der Waals surface area contributed by atoms with E-state index in [1.165, 1.54) is 17.3 Å². The van der Waals surface area contributed by atoms with E-state index in [0.717, 1.165) is 18.3 Å². The molecule has 31 heavy (non-hydrogen) atoms. The Labute approximate surface area is 177 Å². The highest BCUT2D eigenvalue weighted by atomic mass is 19.4. The SMILES string of the molecule is CC(C)(C)OC(=O)N1CCC(O)(c2nccnc2Oc2ccc(C(F)(F)F)nc2)CC1. The molecule has 0 aliphatic carbocycles. The molecular formula is C20H23F3N4O4. The standard InChI is InChI=1S/C20H23F3N4O4/c1-18(2,3)31-17(28)27-10-6-19(29,7-11-27)15-16(25-9-8-24-15)30-13-4-5-14(26-12-13)20(21,22)23/h4-5,8-9,12,29H,6-7,10-11H2,1-3H3. The van der Waals surface area contributed by atoms with E-state index in [-0.39, 0.29) is 43.3 Å². The molecule has 2 aromatic heterocycles. The number of likely N-dealkylation sites (tertiary alicyclic amines) is 1. The lowest BCUT2D eigenvalue weighted by molar-refractivity contribution is -0.141. The molecule has 1 N–H and O–H groups in total. The van der Waals surface area contributed by atoms with E-state index in [9.17, 15) is 23.1 Å². The molecule has 168 valence electrons. The molecule has 8 nitrogen and oxygen atoms in total. The van der Waals surface area contributed by atoms with Gasteiger partial charge >= 0.3 is 12.3 Å². The third-order valence-electron chi connectivity index (χ3n) is 4.59. The zero-order valence-electron chi connectivity index (χ0n) is 17.3. The van der Waals surface area contributed by atoms with Crippen molar-refractivity contribution in [1.82, 2.24) is 19.9 Å². The molecule has 0 spiro atoms. The minimum atomic E-state index is -4.56. The molecule has 0 aromatic carbocycles. The first-order valence-corrected chi connectivity index (χ1v) is 9.60. The van der Waals surface area contributed by atoms with Gasteiger partial charge in [0, 0.05) is 25.5 Å². The fourth-order valence-electron chi connectivity index (χ4n) is 3.06. The zero-order valence-corrected chi connectivity index (χ0v) is 17.3. The Bertz CT molecular complexity index is 921. The Morgan fingerprint density at radius 1 is 1.10 bits per heavy atom. The van der Waals surface area contributed by atoms with Crippen LogP contribution < -0.4 is 4.74 Å². The summed E-state index contributed by atoms with van der Waals surface area (Å²) >= 11 is 0. The predicted molar refractivity (Wildman–Crippen MR) is 102 cm³/mol. The van der Waals surface area contributed by atoms with E-state index in [4.69, 9.17) is 9.47 Å². The van der Waals surface area contributed by atoms with E-state index in [0.29, 0.717) is 0 Å². The first kappa shape index (κ1) is 22.7. The smallest absolute Gasteiger partial charge is 0.433 e. The molecule has 0 saturated carbocycles. The van der Waals surface area contributed by atoms with E-state index in [1.54, 1.807) is 20.8 Å². The second kappa shape index (κ2) is 8.29. The number of aromatic nitrogens is 3. The van der Waals surface area contributed by atoms with Crippen molar-refractivity contribution >= 4 is 6.09 Å². The fourth-order valence-corrected chi connectivity index (χ4v) is 3.06. The van der Waals surface area contributed by atoms with Crippen LogP contribution in [0.25, 0.3) is 0 Å². The molecule has 1 fully saturated rings. The summed E-state index contributed by atoms with van der Waals surface area (Å²) in [6.07, 6.45) is -1.06. The third kappa shape index (κ3) is 5.60. The third-order valence-corrected chi connectivity index (χ3v) is 4.59. The van der Waals surface area contributed by atoms with Crippen molar-refractivity contribution < 1.29 is 32.5 Å². The number of rotatable bonds is 3. The largest absolute Gasteiger partial charge is 0.444 e. The second-order valence-corrected chi connectivity index (χ2v) is 8.19. The summed E-state index contributed by atoms with van der Waals surface area (Å²) in [7, 11) is 0. The number of aliphatic hydroxyl groups is 1. The second-order valence-electron chi connectivity index (χ2n) is 8.19. The van der Waals surface area contributed by atoms with Crippen LogP contribution >= 0.6 is 0 Å². The van der Waals surface area contributed by atoms with Crippen molar-refractivity contribution in [2.24, 2.45) is 0 Å². The molecule has 1 amide bonds. The van der Waals surface area contributed by atoms with Gasteiger partial charge in [-0.25, -0.2) is 14.8 Å². The predicted octanol–water partition coefficient (Wildman–Crippen LogP) is 3.90. The van der Waals surface area contributed by atoms with Gasteiger partial charge in [0.15, 0.2) is 0 Å². The van der Waals surface area contributed by atoms with Crippen molar-refractivity contribution in [3.8, 4) is 11.6 Å². The summed E-state index contributed by atoms with van der Waals surface area (Å²) in [5.41, 5.74) is -2.97. The number of carbonyl (C=O) groups excluding carboxylic acids is 1. The summed E-state index contributed by atoms with van der Waals surface area (Å²) in [4.78, 5) is 25.3. The van der Waals surface area contributed by atoms with Gasteiger partial charge in [-0.05, 0) is 45.7 Å². The molecule has 0 atom stereocenters. The first-order chi connectivity index (χ1) is 14.4. The van der Waals surface area contributed by atoms with Gasteiger partial charge < -0.3 is 19.5 Å². The highest BCUT2D eigenvalue weighted by molar-refractivity contribution is 5.68. The van der Waals surface area contributed by atoms with Gasteiger partial charge in [-0.3, -0.25) is 4.98 Å². The Hall–Kier alpha value is -2.95. The highest BCUT2D eigenvalue weighted by Gasteiger charge is 2.40. The van der Waals surface area contributed by atoms with Crippen LogP contribution in [0.4, 0.5) is 18.0 Å². The lowest BCUT2D eigenvalue weighted by atomic mass is 9.88. The van der Waals surface area contributed by atoms with Crippen LogP contribution in [-0.2, 0) is 16.5 Å². The summed E-state index contributed by atoms with van der Waals surface area (Å²) in [6, 6.07) is 1.91. The molecule has 0 unspecified atom stereocenters. The van der Waals surface area contributed by atoms with Gasteiger partial charge in [0.05, 0.1) is 6.20 Å². The van der Waals surface area contributed by atoms with Crippen molar-refractivity contribution in [3.05, 3.63) is 42.1 Å². The van der Waals surface area contributed by atoms with Gasteiger partial charge in [0.1, 0.15) is 28.3 Å². The van der Waals surface area contributed by atoms with Gasteiger partial charge in [-0.1, -0.05) is 0 Å². The van der Waals surface area contributed by atoms with Crippen molar-refractivity contribution in [2.75, 3.05) is 13.1 Å². The minimum Gasteiger partial charge on any atom is -0.444 e. The summed E-state index contributed by atoms with van der Waals surface area (Å²) in [6.45, 7) is 5.76. The van der Waals surface area contributed by atoms with E-state index in [1.807, 2.05) is 0 Å². The molecule has 0 bridgehead atoms. The van der Waals surface area contributed by atoms with Gasteiger partial charge in [0.25, 0.3) is 0 Å². The summed E-state index contributed by atoms with van der Waals surface area (Å²) in [5.74, 6) is -0.0261. The number of ether oxygens (including phenoxy) is 2. The van der Waals surface area contributed by atoms with Crippen LogP contribution in [0.3, 0.4) is 0 Å². The molecule has 3 rings (SSSR count). The molecular weight excluding hydrogens is 417 g/mol. The average Bonchev–Trinajstić information content (AvgIpc) is 2.67. The Balaban J connectivity index is 1.74. The van der Waals surface area contributed by atoms with Crippen LogP contribution in [-0.4, -0.2) is 49.7 Å². The van der Waals surface area contributed by atoms with Crippen molar-refractivity contribution in [2.45, 2.75) is 51.0 Å². The molecule has 1 aliphatic rings. The number of hydrogen-bond acceptors (Lipinski definition) is 7. The van der Waals surface area contributed by atoms with Crippen LogP contribution in [0.1, 0.15) is 45.0 Å². The highest BCUT2D eigenvalue weighted by Crippen LogP contribution is 2.37. The number of hydrogen-bond donors (Lipinski definition) is 1. The maximum atomic E-state index is 12.7.